The van der Waals surface area contributed by atoms with Crippen LogP contribution in [-0.4, -0.2) is 0 Å². The number of aryl methyl sites for hydroxylation is 1. The highest BCUT2D eigenvalue weighted by Gasteiger charge is 2.18. The van der Waals surface area contributed by atoms with Gasteiger partial charge in [0.1, 0.15) is 0 Å². The molecule has 74 valence electrons. The van der Waals surface area contributed by atoms with Crippen LogP contribution in [0, 0.1) is 6.92 Å². The molecule has 2 nitrogen and oxygen atoms in total. The van der Waals surface area contributed by atoms with Crippen molar-refractivity contribution in [3.05, 3.63) is 48.0 Å². The Morgan fingerprint density at radius 3 is 2.20 bits per heavy atom. The fraction of sp³-hybridized carbons (Fsp3) is 0.0769. The first kappa shape index (κ1) is 8.36. The van der Waals surface area contributed by atoms with Crippen molar-refractivity contribution in [1.82, 2.24) is 0 Å². The van der Waals surface area contributed by atoms with Crippen LogP contribution in [0.4, 0.5) is 0 Å². The second kappa shape index (κ2) is 3.02. The topological polar surface area (TPSA) is 18.5 Å². The molecular formula is C13H10O2. The van der Waals surface area contributed by atoms with Crippen molar-refractivity contribution in [2.45, 2.75) is 6.92 Å². The number of para-hydroxylation sites is 3. The summed E-state index contributed by atoms with van der Waals surface area (Å²) in [6, 6.07) is 13.6. The van der Waals surface area contributed by atoms with Gasteiger partial charge in [0.25, 0.3) is 0 Å². The number of ether oxygens (including phenoxy) is 2. The molecule has 0 spiro atoms. The molecule has 0 unspecified atom stereocenters. The smallest absolute Gasteiger partial charge is 0.173 e. The molecule has 1 heterocycles. The van der Waals surface area contributed by atoms with Crippen LogP contribution in [-0.2, 0) is 0 Å². The van der Waals surface area contributed by atoms with Gasteiger partial charge in [-0.15, -0.1) is 0 Å². The van der Waals surface area contributed by atoms with E-state index in [1.165, 1.54) is 0 Å². The van der Waals surface area contributed by atoms with E-state index in [0.29, 0.717) is 0 Å². The van der Waals surface area contributed by atoms with Crippen LogP contribution in [0.15, 0.2) is 42.5 Å². The van der Waals surface area contributed by atoms with Gasteiger partial charge in [-0.05, 0) is 30.7 Å². The highest BCUT2D eigenvalue weighted by Crippen LogP contribution is 2.46. The van der Waals surface area contributed by atoms with E-state index in [4.69, 9.17) is 9.47 Å². The summed E-state index contributed by atoms with van der Waals surface area (Å²) in [5, 5.41) is 0. The third kappa shape index (κ3) is 1.26. The van der Waals surface area contributed by atoms with Crippen LogP contribution >= 0.6 is 0 Å². The molecule has 2 aromatic rings. The van der Waals surface area contributed by atoms with Crippen molar-refractivity contribution in [3.63, 3.8) is 0 Å². The first-order valence-electron chi connectivity index (χ1n) is 4.89. The minimum atomic E-state index is 0.774. The number of hydrogen-bond acceptors (Lipinski definition) is 2. The van der Waals surface area contributed by atoms with Crippen molar-refractivity contribution in [2.24, 2.45) is 0 Å². The van der Waals surface area contributed by atoms with Gasteiger partial charge < -0.3 is 9.47 Å². The summed E-state index contributed by atoms with van der Waals surface area (Å²) in [7, 11) is 0. The largest absolute Gasteiger partial charge is 0.450 e. The Balaban J connectivity index is 2.15. The molecule has 3 rings (SSSR count). The molecule has 0 saturated heterocycles. The van der Waals surface area contributed by atoms with Crippen LogP contribution in [0.3, 0.4) is 0 Å². The Labute approximate surface area is 88.1 Å². The van der Waals surface area contributed by atoms with Gasteiger partial charge >= 0.3 is 0 Å². The van der Waals surface area contributed by atoms with Crippen LogP contribution in [0.5, 0.6) is 23.0 Å². The molecule has 0 aromatic heterocycles. The van der Waals surface area contributed by atoms with E-state index < -0.39 is 0 Å². The maximum Gasteiger partial charge on any atom is 0.173 e. The van der Waals surface area contributed by atoms with Crippen LogP contribution in [0.25, 0.3) is 0 Å². The summed E-state index contributed by atoms with van der Waals surface area (Å²) >= 11 is 0. The maximum absolute atomic E-state index is 5.78. The highest BCUT2D eigenvalue weighted by molar-refractivity contribution is 5.56. The molecule has 0 atom stereocenters. The normalized spacial score (nSPS) is 12.1. The molecular weight excluding hydrogens is 188 g/mol. The predicted octanol–water partition coefficient (Wildman–Crippen LogP) is 3.89. The van der Waals surface area contributed by atoms with Gasteiger partial charge in [0, 0.05) is 0 Å². The van der Waals surface area contributed by atoms with Gasteiger partial charge in [0.15, 0.2) is 23.0 Å². The van der Waals surface area contributed by atoms with E-state index in [-0.39, 0.29) is 0 Å². The van der Waals surface area contributed by atoms with Crippen LogP contribution in [0.1, 0.15) is 5.56 Å². The molecule has 15 heavy (non-hydrogen) atoms. The van der Waals surface area contributed by atoms with E-state index in [1.54, 1.807) is 0 Å². The lowest BCUT2D eigenvalue weighted by molar-refractivity contribution is 0.357. The number of benzene rings is 2. The number of fused-ring (bicyclic) bond motifs is 2. The van der Waals surface area contributed by atoms with Crippen LogP contribution < -0.4 is 9.47 Å². The monoisotopic (exact) mass is 198 g/mol. The van der Waals surface area contributed by atoms with Gasteiger partial charge in [0.05, 0.1) is 0 Å². The van der Waals surface area contributed by atoms with Crippen LogP contribution in [0.2, 0.25) is 0 Å². The summed E-state index contributed by atoms with van der Waals surface area (Å²) in [6.07, 6.45) is 0. The second-order valence-corrected chi connectivity index (χ2v) is 3.55. The second-order valence-electron chi connectivity index (χ2n) is 3.55. The lowest BCUT2D eigenvalue weighted by Crippen LogP contribution is -1.99. The molecule has 0 fully saturated rings. The van der Waals surface area contributed by atoms with Crippen molar-refractivity contribution < 1.29 is 9.47 Å². The third-order valence-electron chi connectivity index (χ3n) is 2.46. The van der Waals surface area contributed by atoms with Crippen molar-refractivity contribution >= 4 is 0 Å². The molecule has 2 heteroatoms. The van der Waals surface area contributed by atoms with Gasteiger partial charge in [-0.1, -0.05) is 24.3 Å². The van der Waals surface area contributed by atoms with E-state index in [1.807, 2.05) is 49.4 Å². The molecule has 0 saturated carbocycles. The standard InChI is InChI=1S/C13H10O2/c1-9-5-4-8-12-13(9)15-11-7-3-2-6-10(11)14-12/h2-8H,1H3. The molecule has 0 radical (unpaired) electrons. The Kier molecular flexibility index (Phi) is 1.68. The maximum atomic E-state index is 5.78. The average Bonchev–Trinajstić information content (AvgIpc) is 2.27. The first-order valence-corrected chi connectivity index (χ1v) is 4.89. The van der Waals surface area contributed by atoms with Gasteiger partial charge in [-0.25, -0.2) is 0 Å². The average molecular weight is 198 g/mol. The molecule has 0 amide bonds. The van der Waals surface area contributed by atoms with E-state index >= 15 is 0 Å². The lowest BCUT2D eigenvalue weighted by atomic mass is 10.2. The fourth-order valence-corrected chi connectivity index (χ4v) is 1.68. The summed E-state index contributed by atoms with van der Waals surface area (Å²) in [5.74, 6) is 3.15. The third-order valence-corrected chi connectivity index (χ3v) is 2.46. The minimum absolute atomic E-state index is 0.774. The Morgan fingerprint density at radius 2 is 1.40 bits per heavy atom. The summed E-state index contributed by atoms with van der Waals surface area (Å²) in [5.41, 5.74) is 1.09. The number of rotatable bonds is 0. The highest BCUT2D eigenvalue weighted by atomic mass is 16.6. The van der Waals surface area contributed by atoms with Crippen molar-refractivity contribution in [2.75, 3.05) is 0 Å². The van der Waals surface area contributed by atoms with E-state index in [2.05, 4.69) is 0 Å². The van der Waals surface area contributed by atoms with Gasteiger partial charge in [-0.2, -0.15) is 0 Å². The first-order chi connectivity index (χ1) is 7.34. The Bertz CT molecular complexity index is 518. The summed E-state index contributed by atoms with van der Waals surface area (Å²) in [6.45, 7) is 2.01. The molecule has 1 aliphatic rings. The van der Waals surface area contributed by atoms with Crippen molar-refractivity contribution in [3.8, 4) is 23.0 Å². The molecule has 0 aliphatic carbocycles. The zero-order chi connectivity index (χ0) is 10.3. The summed E-state index contributed by atoms with van der Waals surface area (Å²) < 4.78 is 11.5. The van der Waals surface area contributed by atoms with Gasteiger partial charge in [0.2, 0.25) is 0 Å². The molecule has 0 N–H and O–H groups in total. The molecule has 0 bridgehead atoms. The van der Waals surface area contributed by atoms with Crippen molar-refractivity contribution in [1.29, 1.82) is 0 Å². The summed E-state index contributed by atoms with van der Waals surface area (Å²) in [4.78, 5) is 0. The Hall–Kier alpha value is -1.96. The van der Waals surface area contributed by atoms with E-state index in [9.17, 15) is 0 Å². The lowest BCUT2D eigenvalue weighted by Gasteiger charge is -2.21. The predicted molar refractivity (Wildman–Crippen MR) is 57.8 cm³/mol. The SMILES string of the molecule is Cc1cccc2c1Oc1ccccc1O2. The molecule has 1 aliphatic heterocycles. The quantitative estimate of drug-likeness (QED) is 0.545. The zero-order valence-corrected chi connectivity index (χ0v) is 8.36. The fourth-order valence-electron chi connectivity index (χ4n) is 1.68. The van der Waals surface area contributed by atoms with Gasteiger partial charge in [-0.3, -0.25) is 0 Å². The minimum Gasteiger partial charge on any atom is -0.450 e. The van der Waals surface area contributed by atoms with E-state index in [0.717, 1.165) is 28.6 Å². The number of hydrogen-bond donors (Lipinski definition) is 0. The Morgan fingerprint density at radius 1 is 0.733 bits per heavy atom. The molecule has 2 aromatic carbocycles. The zero-order valence-electron chi connectivity index (χ0n) is 8.36.